The summed E-state index contributed by atoms with van der Waals surface area (Å²) in [5, 5.41) is 3.01. The lowest BCUT2D eigenvalue weighted by Gasteiger charge is -2.35. The highest BCUT2D eigenvalue weighted by atomic mass is 16.6. The summed E-state index contributed by atoms with van der Waals surface area (Å²) in [4.78, 5) is 26.4. The number of amides is 1. The second-order valence-corrected chi connectivity index (χ2v) is 7.54. The maximum absolute atomic E-state index is 12.7. The summed E-state index contributed by atoms with van der Waals surface area (Å²) in [6.07, 6.45) is 1.35. The van der Waals surface area contributed by atoms with Crippen LogP contribution in [-0.4, -0.2) is 56.9 Å². The molecule has 3 aliphatic rings. The quantitative estimate of drug-likeness (QED) is 0.663. The van der Waals surface area contributed by atoms with Gasteiger partial charge in [-0.3, -0.25) is 9.59 Å². The molecule has 2 aliphatic heterocycles. The average Bonchev–Trinajstić information content (AvgIpc) is 2.78. The maximum Gasteiger partial charge on any atom is 0.313 e. The first-order chi connectivity index (χ1) is 10.3. The third-order valence-corrected chi connectivity index (χ3v) is 6.41. The van der Waals surface area contributed by atoms with Gasteiger partial charge in [-0.2, -0.15) is 0 Å². The Hall–Kier alpha value is -1.14. The predicted molar refractivity (Wildman–Crippen MR) is 79.3 cm³/mol. The lowest BCUT2D eigenvalue weighted by atomic mass is 9.66. The van der Waals surface area contributed by atoms with Gasteiger partial charge in [0.1, 0.15) is 13.1 Å². The van der Waals surface area contributed by atoms with E-state index in [1.807, 2.05) is 20.8 Å². The highest BCUT2D eigenvalue weighted by Crippen LogP contribution is 2.65. The average molecular weight is 311 g/mol. The molecule has 0 aromatic carbocycles. The van der Waals surface area contributed by atoms with E-state index in [-0.39, 0.29) is 11.9 Å². The fraction of sp³-hybridized carbons (Fsp3) is 0.875. The molecule has 3 fully saturated rings. The Morgan fingerprint density at radius 3 is 2.45 bits per heavy atom. The van der Waals surface area contributed by atoms with Gasteiger partial charge >= 0.3 is 5.97 Å². The van der Waals surface area contributed by atoms with Gasteiger partial charge in [0.25, 0.3) is 5.91 Å². The van der Waals surface area contributed by atoms with E-state index < -0.39 is 16.4 Å². The molecule has 3 rings (SSSR count). The van der Waals surface area contributed by atoms with Crippen molar-refractivity contribution in [3.63, 3.8) is 0 Å². The van der Waals surface area contributed by atoms with Crippen LogP contribution in [-0.2, 0) is 19.1 Å². The topological polar surface area (TPSA) is 69.1 Å². The number of carbonyl (C=O) groups excluding carboxylic acids is 2. The van der Waals surface area contributed by atoms with E-state index in [1.165, 1.54) is 4.90 Å². The Kier molecular flexibility index (Phi) is 3.72. The van der Waals surface area contributed by atoms with Gasteiger partial charge in [0.2, 0.25) is 0 Å². The molecule has 2 bridgehead atoms. The first-order valence-electron chi connectivity index (χ1n) is 8.27. The molecular formula is C16H27N2O4+. The first kappa shape index (κ1) is 15.7. The zero-order valence-electron chi connectivity index (χ0n) is 13.8. The van der Waals surface area contributed by atoms with Crippen LogP contribution in [0.4, 0.5) is 0 Å². The van der Waals surface area contributed by atoms with Gasteiger partial charge < -0.3 is 19.7 Å². The van der Waals surface area contributed by atoms with Crippen LogP contribution in [0.2, 0.25) is 0 Å². The SMILES string of the molecule is CC1(C)[C@@]2(C)CC[C@@]1(C(=O)NCC[NH+]1CCOCC1)OC2=O. The summed E-state index contributed by atoms with van der Waals surface area (Å²) in [7, 11) is 0. The van der Waals surface area contributed by atoms with Crippen molar-refractivity contribution >= 4 is 11.9 Å². The molecule has 1 saturated carbocycles. The monoisotopic (exact) mass is 311 g/mol. The summed E-state index contributed by atoms with van der Waals surface area (Å²) in [6.45, 7) is 10.9. The molecule has 6 nitrogen and oxygen atoms in total. The molecule has 1 amide bonds. The van der Waals surface area contributed by atoms with Crippen molar-refractivity contribution in [2.75, 3.05) is 39.4 Å². The van der Waals surface area contributed by atoms with Crippen LogP contribution in [0.25, 0.3) is 0 Å². The van der Waals surface area contributed by atoms with Crippen LogP contribution >= 0.6 is 0 Å². The fourth-order valence-corrected chi connectivity index (χ4v) is 4.15. The van der Waals surface area contributed by atoms with Crippen LogP contribution in [0.1, 0.15) is 33.6 Å². The highest BCUT2D eigenvalue weighted by Gasteiger charge is 2.75. The largest absolute Gasteiger partial charge is 0.448 e. The lowest BCUT2D eigenvalue weighted by Crippen LogP contribution is -3.14. The van der Waals surface area contributed by atoms with E-state index in [2.05, 4.69) is 5.32 Å². The third kappa shape index (κ3) is 2.00. The number of ether oxygens (including phenoxy) is 2. The van der Waals surface area contributed by atoms with Crippen molar-refractivity contribution in [1.82, 2.24) is 5.32 Å². The van der Waals surface area contributed by atoms with Crippen molar-refractivity contribution in [1.29, 1.82) is 0 Å². The Morgan fingerprint density at radius 2 is 1.91 bits per heavy atom. The van der Waals surface area contributed by atoms with Crippen LogP contribution in [0.15, 0.2) is 0 Å². The predicted octanol–water partition coefficient (Wildman–Crippen LogP) is -0.860. The number of carbonyl (C=O) groups is 2. The van der Waals surface area contributed by atoms with E-state index in [0.717, 1.165) is 39.3 Å². The molecule has 124 valence electrons. The number of fused-ring (bicyclic) bond motifs is 2. The van der Waals surface area contributed by atoms with Gasteiger partial charge in [0.15, 0.2) is 5.60 Å². The molecule has 6 heteroatoms. The number of morpholine rings is 1. The molecule has 0 spiro atoms. The molecule has 0 unspecified atom stereocenters. The molecule has 2 heterocycles. The van der Waals surface area contributed by atoms with E-state index >= 15 is 0 Å². The van der Waals surface area contributed by atoms with E-state index in [4.69, 9.17) is 9.47 Å². The van der Waals surface area contributed by atoms with Crippen LogP contribution in [0.3, 0.4) is 0 Å². The summed E-state index contributed by atoms with van der Waals surface area (Å²) >= 11 is 0. The van der Waals surface area contributed by atoms with Gasteiger partial charge in [0.05, 0.1) is 31.7 Å². The second kappa shape index (κ2) is 5.20. The Morgan fingerprint density at radius 1 is 1.23 bits per heavy atom. The van der Waals surface area contributed by atoms with Crippen LogP contribution < -0.4 is 10.2 Å². The number of hydrogen-bond acceptors (Lipinski definition) is 4. The highest BCUT2D eigenvalue weighted by molar-refractivity contribution is 5.96. The minimum absolute atomic E-state index is 0.125. The fourth-order valence-electron chi connectivity index (χ4n) is 4.15. The number of rotatable bonds is 4. The summed E-state index contributed by atoms with van der Waals surface area (Å²) in [5.41, 5.74) is -1.99. The zero-order chi connectivity index (χ0) is 16.0. The Labute approximate surface area is 131 Å². The molecule has 22 heavy (non-hydrogen) atoms. The van der Waals surface area contributed by atoms with Gasteiger partial charge in [-0.15, -0.1) is 0 Å². The summed E-state index contributed by atoms with van der Waals surface area (Å²) in [6, 6.07) is 0. The van der Waals surface area contributed by atoms with Crippen molar-refractivity contribution in [3.05, 3.63) is 0 Å². The second-order valence-electron chi connectivity index (χ2n) is 7.54. The van der Waals surface area contributed by atoms with E-state index in [1.54, 1.807) is 0 Å². The molecule has 2 saturated heterocycles. The van der Waals surface area contributed by atoms with E-state index in [9.17, 15) is 9.59 Å². The van der Waals surface area contributed by atoms with Gasteiger partial charge in [-0.25, -0.2) is 0 Å². The smallest absolute Gasteiger partial charge is 0.313 e. The first-order valence-corrected chi connectivity index (χ1v) is 8.27. The molecule has 2 atom stereocenters. The zero-order valence-corrected chi connectivity index (χ0v) is 13.8. The third-order valence-electron chi connectivity index (χ3n) is 6.41. The Balaban J connectivity index is 1.61. The summed E-state index contributed by atoms with van der Waals surface area (Å²) in [5.74, 6) is -0.350. The van der Waals surface area contributed by atoms with Gasteiger partial charge in [-0.1, -0.05) is 13.8 Å². The van der Waals surface area contributed by atoms with Crippen LogP contribution in [0.5, 0.6) is 0 Å². The standard InChI is InChI=1S/C16H26N2O4/c1-14(2)15(3)4-5-16(14,22-13(15)20)12(19)17-6-7-18-8-10-21-11-9-18/h4-11H2,1-3H3,(H,17,19)/p+1/t15-,16-/m0/s1. The van der Waals surface area contributed by atoms with Crippen molar-refractivity contribution < 1.29 is 24.0 Å². The number of hydrogen-bond donors (Lipinski definition) is 2. The number of quaternary nitrogens is 1. The maximum atomic E-state index is 12.7. The van der Waals surface area contributed by atoms with Crippen molar-refractivity contribution in [3.8, 4) is 0 Å². The number of esters is 1. The van der Waals surface area contributed by atoms with Crippen molar-refractivity contribution in [2.24, 2.45) is 10.8 Å². The molecule has 0 aromatic heterocycles. The molecule has 2 N–H and O–H groups in total. The van der Waals surface area contributed by atoms with Crippen molar-refractivity contribution in [2.45, 2.75) is 39.2 Å². The molecule has 0 aromatic rings. The Bertz CT molecular complexity index is 487. The van der Waals surface area contributed by atoms with Gasteiger partial charge in [0, 0.05) is 5.41 Å². The molecule has 0 radical (unpaired) electrons. The van der Waals surface area contributed by atoms with Crippen LogP contribution in [0, 0.1) is 10.8 Å². The normalized spacial score (nSPS) is 37.1. The van der Waals surface area contributed by atoms with E-state index in [0.29, 0.717) is 13.0 Å². The number of nitrogens with one attached hydrogen (secondary N) is 2. The van der Waals surface area contributed by atoms with Gasteiger partial charge in [-0.05, 0) is 19.8 Å². The molecular weight excluding hydrogens is 284 g/mol. The lowest BCUT2D eigenvalue weighted by molar-refractivity contribution is -0.906. The molecule has 1 aliphatic carbocycles. The minimum atomic E-state index is -0.987. The minimum Gasteiger partial charge on any atom is -0.448 e. The summed E-state index contributed by atoms with van der Waals surface area (Å²) < 4.78 is 10.9.